The van der Waals surface area contributed by atoms with E-state index in [4.69, 9.17) is 15.2 Å². The number of carbonyl (C=O) groups excluding carboxylic acids is 3. The lowest BCUT2D eigenvalue weighted by Crippen LogP contribution is -2.21. The van der Waals surface area contributed by atoms with Crippen LogP contribution < -0.4 is 15.8 Å². The fraction of sp³-hybridized carbons (Fsp3) is 0.167. The summed E-state index contributed by atoms with van der Waals surface area (Å²) in [5.74, 6) is -1.31. The third-order valence-corrected chi connectivity index (χ3v) is 3.19. The molecule has 0 heterocycles. The summed E-state index contributed by atoms with van der Waals surface area (Å²) in [5.41, 5.74) is 6.18. The van der Waals surface area contributed by atoms with Gasteiger partial charge in [-0.1, -0.05) is 12.1 Å². The van der Waals surface area contributed by atoms with Crippen molar-refractivity contribution in [3.8, 4) is 5.75 Å². The van der Waals surface area contributed by atoms with Crippen LogP contribution in [0.3, 0.4) is 0 Å². The van der Waals surface area contributed by atoms with Crippen molar-refractivity contribution >= 4 is 23.5 Å². The van der Waals surface area contributed by atoms with Gasteiger partial charge in [0.25, 0.3) is 5.91 Å². The van der Waals surface area contributed by atoms with Crippen molar-refractivity contribution in [3.05, 3.63) is 59.7 Å². The molecule has 7 heteroatoms. The van der Waals surface area contributed by atoms with Crippen LogP contribution >= 0.6 is 0 Å². The first kappa shape index (κ1) is 18.0. The van der Waals surface area contributed by atoms with Crippen LogP contribution in [0.15, 0.2) is 48.5 Å². The van der Waals surface area contributed by atoms with Gasteiger partial charge in [0.15, 0.2) is 6.61 Å². The summed E-state index contributed by atoms with van der Waals surface area (Å²) in [6.07, 6.45) is 0. The average Bonchev–Trinajstić information content (AvgIpc) is 2.61. The molecule has 0 saturated carbocycles. The Balaban J connectivity index is 1.91. The summed E-state index contributed by atoms with van der Waals surface area (Å²) < 4.78 is 10.4. The lowest BCUT2D eigenvalue weighted by atomic mass is 10.2. The molecule has 0 atom stereocenters. The number of esters is 1. The zero-order chi connectivity index (χ0) is 18.2. The highest BCUT2D eigenvalue weighted by Gasteiger charge is 2.15. The van der Waals surface area contributed by atoms with E-state index in [9.17, 15) is 14.4 Å². The Bertz CT molecular complexity index is 771. The van der Waals surface area contributed by atoms with Gasteiger partial charge >= 0.3 is 5.97 Å². The van der Waals surface area contributed by atoms with Gasteiger partial charge in [0.1, 0.15) is 11.3 Å². The first-order valence-corrected chi connectivity index (χ1v) is 7.60. The maximum Gasteiger partial charge on any atom is 0.342 e. The van der Waals surface area contributed by atoms with Gasteiger partial charge in [-0.25, -0.2) is 4.79 Å². The number of benzene rings is 2. The number of primary amides is 1. The van der Waals surface area contributed by atoms with Crippen LogP contribution in [0, 0.1) is 0 Å². The Labute approximate surface area is 144 Å². The molecule has 0 saturated heterocycles. The monoisotopic (exact) mass is 342 g/mol. The normalized spacial score (nSPS) is 9.96. The van der Waals surface area contributed by atoms with Crippen LogP contribution in [0.5, 0.6) is 5.75 Å². The van der Waals surface area contributed by atoms with Gasteiger partial charge in [0.2, 0.25) is 5.91 Å². The first-order chi connectivity index (χ1) is 12.0. The minimum atomic E-state index is -0.650. The van der Waals surface area contributed by atoms with E-state index in [-0.39, 0.29) is 5.56 Å². The molecule has 2 rings (SSSR count). The summed E-state index contributed by atoms with van der Waals surface area (Å²) in [6, 6.07) is 12.7. The first-order valence-electron chi connectivity index (χ1n) is 7.60. The summed E-state index contributed by atoms with van der Waals surface area (Å²) in [7, 11) is 0. The van der Waals surface area contributed by atoms with Crippen molar-refractivity contribution in [2.45, 2.75) is 6.92 Å². The second-order valence-corrected chi connectivity index (χ2v) is 5.00. The second kappa shape index (κ2) is 8.49. The van der Waals surface area contributed by atoms with E-state index in [1.165, 1.54) is 24.3 Å². The molecule has 0 bridgehead atoms. The fourth-order valence-corrected chi connectivity index (χ4v) is 2.04. The van der Waals surface area contributed by atoms with Gasteiger partial charge in [-0.2, -0.15) is 0 Å². The molecule has 0 aliphatic heterocycles. The molecule has 0 radical (unpaired) electrons. The van der Waals surface area contributed by atoms with Crippen LogP contribution in [0.1, 0.15) is 27.6 Å². The zero-order valence-electron chi connectivity index (χ0n) is 13.7. The van der Waals surface area contributed by atoms with Crippen molar-refractivity contribution in [1.82, 2.24) is 0 Å². The van der Waals surface area contributed by atoms with E-state index >= 15 is 0 Å². The number of nitrogens with one attached hydrogen (secondary N) is 1. The number of carbonyl (C=O) groups is 3. The quantitative estimate of drug-likeness (QED) is 0.748. The van der Waals surface area contributed by atoms with E-state index in [0.717, 1.165) is 0 Å². The molecular weight excluding hydrogens is 324 g/mol. The van der Waals surface area contributed by atoms with E-state index in [1.54, 1.807) is 31.2 Å². The number of rotatable bonds is 7. The maximum atomic E-state index is 12.1. The summed E-state index contributed by atoms with van der Waals surface area (Å²) >= 11 is 0. The zero-order valence-corrected chi connectivity index (χ0v) is 13.7. The molecule has 25 heavy (non-hydrogen) atoms. The van der Waals surface area contributed by atoms with E-state index in [0.29, 0.717) is 23.6 Å². The Morgan fingerprint density at radius 3 is 2.36 bits per heavy atom. The number of para-hydroxylation sites is 1. The largest absolute Gasteiger partial charge is 0.493 e. The van der Waals surface area contributed by atoms with Crippen LogP contribution in [-0.2, 0) is 9.53 Å². The predicted octanol–water partition coefficient (Wildman–Crippen LogP) is 1.98. The molecule has 7 nitrogen and oxygen atoms in total. The molecule has 0 fully saturated rings. The smallest absolute Gasteiger partial charge is 0.342 e. The second-order valence-electron chi connectivity index (χ2n) is 5.00. The number of amides is 2. The molecule has 0 unspecified atom stereocenters. The lowest BCUT2D eigenvalue weighted by Gasteiger charge is -2.10. The van der Waals surface area contributed by atoms with Crippen molar-refractivity contribution in [2.24, 2.45) is 5.73 Å². The van der Waals surface area contributed by atoms with E-state index in [1.807, 2.05) is 0 Å². The summed E-state index contributed by atoms with van der Waals surface area (Å²) in [4.78, 5) is 34.9. The minimum Gasteiger partial charge on any atom is -0.493 e. The fourth-order valence-electron chi connectivity index (χ4n) is 2.04. The highest BCUT2D eigenvalue weighted by molar-refractivity contribution is 5.97. The van der Waals surface area contributed by atoms with Gasteiger partial charge in [0.05, 0.1) is 6.61 Å². The van der Waals surface area contributed by atoms with E-state index in [2.05, 4.69) is 5.32 Å². The molecule has 3 N–H and O–H groups in total. The van der Waals surface area contributed by atoms with Gasteiger partial charge < -0.3 is 20.5 Å². The molecule has 2 aromatic rings. The van der Waals surface area contributed by atoms with Gasteiger partial charge in [0, 0.05) is 11.3 Å². The highest BCUT2D eigenvalue weighted by Crippen LogP contribution is 2.19. The SMILES string of the molecule is CCOc1ccccc1C(=O)OCC(=O)Nc1ccc(C(N)=O)cc1. The predicted molar refractivity (Wildman–Crippen MR) is 91.5 cm³/mol. The molecule has 0 aliphatic carbocycles. The average molecular weight is 342 g/mol. The highest BCUT2D eigenvalue weighted by atomic mass is 16.5. The topological polar surface area (TPSA) is 108 Å². The van der Waals surface area contributed by atoms with E-state index < -0.39 is 24.4 Å². The van der Waals surface area contributed by atoms with Crippen molar-refractivity contribution < 1.29 is 23.9 Å². The Morgan fingerprint density at radius 1 is 1.04 bits per heavy atom. The molecule has 0 aliphatic rings. The third-order valence-electron chi connectivity index (χ3n) is 3.19. The third kappa shape index (κ3) is 5.07. The lowest BCUT2D eigenvalue weighted by molar-refractivity contribution is -0.119. The summed E-state index contributed by atoms with van der Waals surface area (Å²) in [5, 5.41) is 2.56. The molecule has 0 spiro atoms. The minimum absolute atomic E-state index is 0.253. The Hall–Kier alpha value is -3.35. The maximum absolute atomic E-state index is 12.1. The molecular formula is C18H18N2O5. The number of anilines is 1. The van der Waals surface area contributed by atoms with Crippen LogP contribution in [0.2, 0.25) is 0 Å². The Morgan fingerprint density at radius 2 is 1.72 bits per heavy atom. The van der Waals surface area contributed by atoms with Gasteiger partial charge in [-0.15, -0.1) is 0 Å². The molecule has 130 valence electrons. The number of ether oxygens (including phenoxy) is 2. The van der Waals surface area contributed by atoms with Gasteiger partial charge in [-0.3, -0.25) is 9.59 Å². The number of hydrogen-bond acceptors (Lipinski definition) is 5. The molecule has 0 aromatic heterocycles. The van der Waals surface area contributed by atoms with Crippen molar-refractivity contribution in [1.29, 1.82) is 0 Å². The van der Waals surface area contributed by atoms with Crippen LogP contribution in [0.25, 0.3) is 0 Å². The standard InChI is InChI=1S/C18H18N2O5/c1-2-24-15-6-4-3-5-14(15)18(23)25-11-16(21)20-13-9-7-12(8-10-13)17(19)22/h3-10H,2,11H2,1H3,(H2,19,22)(H,20,21). The molecule has 2 amide bonds. The van der Waals surface area contributed by atoms with Crippen molar-refractivity contribution in [3.63, 3.8) is 0 Å². The van der Waals surface area contributed by atoms with Crippen molar-refractivity contribution in [2.75, 3.05) is 18.5 Å². The molecule has 2 aromatic carbocycles. The number of nitrogens with two attached hydrogens (primary N) is 1. The van der Waals surface area contributed by atoms with Crippen LogP contribution in [-0.4, -0.2) is 31.0 Å². The van der Waals surface area contributed by atoms with Gasteiger partial charge in [-0.05, 0) is 43.3 Å². The Kier molecular flexibility index (Phi) is 6.11. The van der Waals surface area contributed by atoms with Crippen LogP contribution in [0.4, 0.5) is 5.69 Å². The number of hydrogen-bond donors (Lipinski definition) is 2. The summed E-state index contributed by atoms with van der Waals surface area (Å²) in [6.45, 7) is 1.77.